The third kappa shape index (κ3) is 1.85. The van der Waals surface area contributed by atoms with Crippen LogP contribution in [0.2, 0.25) is 10.3 Å². The fourth-order valence-corrected chi connectivity index (χ4v) is 1.43. The van der Waals surface area contributed by atoms with Crippen molar-refractivity contribution < 1.29 is 0 Å². The minimum absolute atomic E-state index is 0.470. The van der Waals surface area contributed by atoms with Gasteiger partial charge in [-0.2, -0.15) is 0 Å². The summed E-state index contributed by atoms with van der Waals surface area (Å²) >= 11 is 11.5. The summed E-state index contributed by atoms with van der Waals surface area (Å²) in [6.07, 6.45) is 0.938. The first-order valence-corrected chi connectivity index (χ1v) is 4.22. The summed E-state index contributed by atoms with van der Waals surface area (Å²) in [7, 11) is 0. The summed E-state index contributed by atoms with van der Waals surface area (Å²) in [4.78, 5) is 3.91. The van der Waals surface area contributed by atoms with E-state index in [1.165, 1.54) is 0 Å². The summed E-state index contributed by atoms with van der Waals surface area (Å²) in [5.41, 5.74) is 2.19. The van der Waals surface area contributed by atoms with Crippen LogP contribution in [0.1, 0.15) is 18.1 Å². The molecule has 60 valence electrons. The quantitative estimate of drug-likeness (QED) is 0.619. The molecule has 1 nitrogen and oxygen atoms in total. The lowest BCUT2D eigenvalue weighted by molar-refractivity contribution is 1.08. The van der Waals surface area contributed by atoms with Crippen LogP contribution in [0.25, 0.3) is 0 Å². The number of halogens is 2. The summed E-state index contributed by atoms with van der Waals surface area (Å²) in [5.74, 6) is 0. The number of aromatic nitrogens is 1. The number of hydrogen-bond donors (Lipinski definition) is 0. The van der Waals surface area contributed by atoms with Gasteiger partial charge in [-0.15, -0.1) is 0 Å². The fourth-order valence-electron chi connectivity index (χ4n) is 0.962. The van der Waals surface area contributed by atoms with Gasteiger partial charge in [0.25, 0.3) is 0 Å². The molecular weight excluding hydrogens is 181 g/mol. The highest BCUT2D eigenvalue weighted by Crippen LogP contribution is 2.20. The molecule has 11 heavy (non-hydrogen) atoms. The molecule has 0 unspecified atom stereocenters. The Balaban J connectivity index is 3.24. The van der Waals surface area contributed by atoms with E-state index in [0.717, 1.165) is 17.5 Å². The Labute approximate surface area is 76.4 Å². The van der Waals surface area contributed by atoms with Crippen LogP contribution in [-0.2, 0) is 6.42 Å². The van der Waals surface area contributed by atoms with Crippen LogP contribution in [0.15, 0.2) is 6.07 Å². The molecule has 1 rings (SSSR count). The predicted octanol–water partition coefficient (Wildman–Crippen LogP) is 3.26. The second-order valence-corrected chi connectivity index (χ2v) is 3.12. The van der Waals surface area contributed by atoms with E-state index < -0.39 is 0 Å². The van der Waals surface area contributed by atoms with Gasteiger partial charge in [-0.1, -0.05) is 30.1 Å². The lowest BCUT2D eigenvalue weighted by atomic mass is 10.1. The third-order valence-electron chi connectivity index (χ3n) is 1.67. The topological polar surface area (TPSA) is 12.9 Å². The lowest BCUT2D eigenvalue weighted by Gasteiger charge is -2.03. The maximum atomic E-state index is 5.80. The smallest absolute Gasteiger partial charge is 0.133 e. The second-order valence-electron chi connectivity index (χ2n) is 2.37. The first kappa shape index (κ1) is 8.82. The SMILES string of the molecule is CCc1cc(Cl)nc(Cl)c1C. The zero-order valence-corrected chi connectivity index (χ0v) is 8.00. The van der Waals surface area contributed by atoms with Crippen LogP contribution in [0, 0.1) is 6.92 Å². The molecule has 0 radical (unpaired) electrons. The number of aryl methyl sites for hydroxylation is 1. The molecule has 0 saturated heterocycles. The van der Waals surface area contributed by atoms with E-state index in [-0.39, 0.29) is 0 Å². The van der Waals surface area contributed by atoms with Crippen molar-refractivity contribution in [3.8, 4) is 0 Å². The highest BCUT2D eigenvalue weighted by atomic mass is 35.5. The maximum absolute atomic E-state index is 5.80. The van der Waals surface area contributed by atoms with Crippen LogP contribution in [-0.4, -0.2) is 4.98 Å². The van der Waals surface area contributed by atoms with Gasteiger partial charge < -0.3 is 0 Å². The Morgan fingerprint density at radius 1 is 1.45 bits per heavy atom. The van der Waals surface area contributed by atoms with Crippen LogP contribution in [0.3, 0.4) is 0 Å². The molecule has 1 heterocycles. The minimum atomic E-state index is 0.470. The standard InChI is InChI=1S/C8H9Cl2N/c1-3-6-4-7(9)11-8(10)5(6)2/h4H,3H2,1-2H3. The Bertz CT molecular complexity index is 271. The summed E-state index contributed by atoms with van der Waals surface area (Å²) in [6, 6.07) is 1.85. The van der Waals surface area contributed by atoms with E-state index in [4.69, 9.17) is 23.2 Å². The average molecular weight is 190 g/mol. The summed E-state index contributed by atoms with van der Waals surface area (Å²) < 4.78 is 0. The fraction of sp³-hybridized carbons (Fsp3) is 0.375. The van der Waals surface area contributed by atoms with Crippen molar-refractivity contribution in [1.82, 2.24) is 4.98 Å². The highest BCUT2D eigenvalue weighted by Gasteiger charge is 2.03. The van der Waals surface area contributed by atoms with Crippen LogP contribution in [0.5, 0.6) is 0 Å². The van der Waals surface area contributed by atoms with Gasteiger partial charge in [0.15, 0.2) is 0 Å². The largest absolute Gasteiger partial charge is 0.224 e. The number of nitrogens with zero attached hydrogens (tertiary/aromatic N) is 1. The van der Waals surface area contributed by atoms with Crippen molar-refractivity contribution in [2.24, 2.45) is 0 Å². The Morgan fingerprint density at radius 2 is 2.09 bits per heavy atom. The van der Waals surface area contributed by atoms with Crippen LogP contribution < -0.4 is 0 Å². The number of hydrogen-bond acceptors (Lipinski definition) is 1. The van der Waals surface area contributed by atoms with Crippen LogP contribution in [0.4, 0.5) is 0 Å². The molecule has 0 aliphatic rings. The van der Waals surface area contributed by atoms with Crippen molar-refractivity contribution in [1.29, 1.82) is 0 Å². The predicted molar refractivity (Wildman–Crippen MR) is 48.4 cm³/mol. The van der Waals surface area contributed by atoms with Gasteiger partial charge in [0.2, 0.25) is 0 Å². The molecule has 0 fully saturated rings. The molecule has 0 aliphatic carbocycles. The molecule has 1 aromatic rings. The van der Waals surface area contributed by atoms with Gasteiger partial charge in [-0.05, 0) is 30.5 Å². The monoisotopic (exact) mass is 189 g/mol. The summed E-state index contributed by atoms with van der Waals surface area (Å²) in [5, 5.41) is 0.979. The Kier molecular flexibility index (Phi) is 2.74. The molecule has 0 atom stereocenters. The highest BCUT2D eigenvalue weighted by molar-refractivity contribution is 6.33. The first-order valence-electron chi connectivity index (χ1n) is 3.46. The first-order chi connectivity index (χ1) is 5.15. The van der Waals surface area contributed by atoms with Gasteiger partial charge in [0.1, 0.15) is 10.3 Å². The Hall–Kier alpha value is -0.270. The van der Waals surface area contributed by atoms with Crippen molar-refractivity contribution in [2.45, 2.75) is 20.3 Å². The molecule has 0 aromatic carbocycles. The van der Waals surface area contributed by atoms with E-state index >= 15 is 0 Å². The van der Waals surface area contributed by atoms with Gasteiger partial charge >= 0.3 is 0 Å². The van der Waals surface area contributed by atoms with Crippen molar-refractivity contribution in [2.75, 3.05) is 0 Å². The van der Waals surface area contributed by atoms with E-state index in [1.54, 1.807) is 0 Å². The van der Waals surface area contributed by atoms with Crippen molar-refractivity contribution in [3.63, 3.8) is 0 Å². The molecule has 0 N–H and O–H groups in total. The van der Waals surface area contributed by atoms with Gasteiger partial charge in [-0.3, -0.25) is 0 Å². The van der Waals surface area contributed by atoms with Gasteiger partial charge in [0.05, 0.1) is 0 Å². The van der Waals surface area contributed by atoms with Gasteiger partial charge in [-0.25, -0.2) is 4.98 Å². The number of rotatable bonds is 1. The van der Waals surface area contributed by atoms with E-state index in [0.29, 0.717) is 10.3 Å². The molecule has 0 bridgehead atoms. The zero-order valence-electron chi connectivity index (χ0n) is 6.49. The molecular formula is C8H9Cl2N. The Morgan fingerprint density at radius 3 is 2.64 bits per heavy atom. The number of pyridine rings is 1. The van der Waals surface area contributed by atoms with E-state index in [9.17, 15) is 0 Å². The lowest BCUT2D eigenvalue weighted by Crippen LogP contribution is -1.90. The third-order valence-corrected chi connectivity index (χ3v) is 2.23. The van der Waals surface area contributed by atoms with Gasteiger partial charge in [0, 0.05) is 0 Å². The van der Waals surface area contributed by atoms with Crippen molar-refractivity contribution >= 4 is 23.2 Å². The second kappa shape index (κ2) is 3.42. The molecule has 0 spiro atoms. The van der Waals surface area contributed by atoms with E-state index in [1.807, 2.05) is 13.0 Å². The van der Waals surface area contributed by atoms with Crippen LogP contribution >= 0.6 is 23.2 Å². The molecule has 3 heteroatoms. The maximum Gasteiger partial charge on any atom is 0.133 e. The molecule has 0 amide bonds. The van der Waals surface area contributed by atoms with Crippen molar-refractivity contribution in [3.05, 3.63) is 27.5 Å². The minimum Gasteiger partial charge on any atom is -0.224 e. The zero-order chi connectivity index (χ0) is 8.43. The van der Waals surface area contributed by atoms with E-state index in [2.05, 4.69) is 11.9 Å². The molecule has 0 saturated carbocycles. The molecule has 0 aliphatic heterocycles. The average Bonchev–Trinajstić information content (AvgIpc) is 1.96. The molecule has 1 aromatic heterocycles. The summed E-state index contributed by atoms with van der Waals surface area (Å²) in [6.45, 7) is 4.01. The normalized spacial score (nSPS) is 10.2.